The van der Waals surface area contributed by atoms with Gasteiger partial charge in [-0.2, -0.15) is 0 Å². The number of hydrogen-bond donors (Lipinski definition) is 1. The van der Waals surface area contributed by atoms with Crippen molar-refractivity contribution < 1.29 is 9.47 Å². The number of benzene rings is 1. The van der Waals surface area contributed by atoms with Gasteiger partial charge < -0.3 is 15.2 Å². The Morgan fingerprint density at radius 1 is 1.31 bits per heavy atom. The highest BCUT2D eigenvalue weighted by Crippen LogP contribution is 2.18. The summed E-state index contributed by atoms with van der Waals surface area (Å²) in [6.07, 6.45) is 1.16. The first-order valence-electron chi connectivity index (χ1n) is 5.83. The Kier molecular flexibility index (Phi) is 4.34. The minimum absolute atomic E-state index is 0.152. The number of rotatable bonds is 4. The van der Waals surface area contributed by atoms with Crippen LogP contribution in [0.15, 0.2) is 30.3 Å². The van der Waals surface area contributed by atoms with Crippen molar-refractivity contribution >= 4 is 0 Å². The minimum Gasteiger partial charge on any atom is -0.379 e. The van der Waals surface area contributed by atoms with Gasteiger partial charge in [-0.05, 0) is 18.5 Å². The highest BCUT2D eigenvalue weighted by atomic mass is 16.5. The lowest BCUT2D eigenvalue weighted by Gasteiger charge is -2.30. The Labute approximate surface area is 96.5 Å². The van der Waals surface area contributed by atoms with Crippen LogP contribution < -0.4 is 5.73 Å². The summed E-state index contributed by atoms with van der Waals surface area (Å²) in [6.45, 7) is 2.82. The van der Waals surface area contributed by atoms with Gasteiger partial charge in [0.05, 0.1) is 19.3 Å². The fourth-order valence-corrected chi connectivity index (χ4v) is 1.99. The zero-order chi connectivity index (χ0) is 11.2. The molecule has 0 saturated carbocycles. The third kappa shape index (κ3) is 3.04. The van der Waals surface area contributed by atoms with E-state index in [2.05, 4.69) is 12.1 Å². The zero-order valence-corrected chi connectivity index (χ0v) is 9.47. The van der Waals surface area contributed by atoms with Crippen LogP contribution in [0.25, 0.3) is 0 Å². The minimum atomic E-state index is 0.152. The van der Waals surface area contributed by atoms with Crippen LogP contribution in [-0.4, -0.2) is 25.9 Å². The van der Waals surface area contributed by atoms with Crippen molar-refractivity contribution in [1.82, 2.24) is 0 Å². The van der Waals surface area contributed by atoms with E-state index in [9.17, 15) is 0 Å². The lowest BCUT2D eigenvalue weighted by molar-refractivity contribution is -0.0876. The van der Waals surface area contributed by atoms with E-state index in [0.717, 1.165) is 13.0 Å². The van der Waals surface area contributed by atoms with Gasteiger partial charge in [0.15, 0.2) is 0 Å². The second-order valence-electron chi connectivity index (χ2n) is 4.19. The smallest absolute Gasteiger partial charge is 0.0853 e. The van der Waals surface area contributed by atoms with Crippen LogP contribution in [0, 0.1) is 5.92 Å². The molecule has 1 aliphatic rings. The average Bonchev–Trinajstić information content (AvgIpc) is 2.38. The van der Waals surface area contributed by atoms with Crippen LogP contribution in [0.4, 0.5) is 0 Å². The first-order valence-corrected chi connectivity index (χ1v) is 5.83. The molecule has 0 spiro atoms. The van der Waals surface area contributed by atoms with Gasteiger partial charge in [-0.1, -0.05) is 30.3 Å². The van der Waals surface area contributed by atoms with Crippen LogP contribution in [0.3, 0.4) is 0 Å². The van der Waals surface area contributed by atoms with E-state index >= 15 is 0 Å². The standard InChI is InChI=1S/C13H19NO2/c14-8-12-6-7-15-10-13(12)16-9-11-4-2-1-3-5-11/h1-5,12-13H,6-10,14H2. The van der Waals surface area contributed by atoms with Crippen LogP contribution in [0.2, 0.25) is 0 Å². The zero-order valence-electron chi connectivity index (χ0n) is 9.47. The Balaban J connectivity index is 1.84. The molecule has 1 aliphatic heterocycles. The second-order valence-corrected chi connectivity index (χ2v) is 4.19. The summed E-state index contributed by atoms with van der Waals surface area (Å²) < 4.78 is 11.3. The maximum Gasteiger partial charge on any atom is 0.0853 e. The van der Waals surface area contributed by atoms with E-state index in [0.29, 0.717) is 25.7 Å². The molecule has 3 heteroatoms. The largest absolute Gasteiger partial charge is 0.379 e. The third-order valence-electron chi connectivity index (χ3n) is 3.05. The third-order valence-corrected chi connectivity index (χ3v) is 3.05. The fourth-order valence-electron chi connectivity index (χ4n) is 1.99. The Morgan fingerprint density at radius 2 is 2.12 bits per heavy atom. The molecule has 16 heavy (non-hydrogen) atoms. The molecule has 0 aliphatic carbocycles. The van der Waals surface area contributed by atoms with Crippen molar-refractivity contribution in [2.45, 2.75) is 19.1 Å². The fraction of sp³-hybridized carbons (Fsp3) is 0.538. The molecule has 0 amide bonds. The highest BCUT2D eigenvalue weighted by molar-refractivity contribution is 5.13. The van der Waals surface area contributed by atoms with Gasteiger partial charge in [0.2, 0.25) is 0 Å². The van der Waals surface area contributed by atoms with Gasteiger partial charge in [-0.3, -0.25) is 0 Å². The SMILES string of the molecule is NCC1CCOCC1OCc1ccccc1. The van der Waals surface area contributed by atoms with E-state index in [4.69, 9.17) is 15.2 Å². The summed E-state index contributed by atoms with van der Waals surface area (Å²) in [6, 6.07) is 10.2. The van der Waals surface area contributed by atoms with Gasteiger partial charge in [-0.15, -0.1) is 0 Å². The van der Waals surface area contributed by atoms with E-state index in [1.807, 2.05) is 18.2 Å². The predicted molar refractivity (Wildman–Crippen MR) is 63.0 cm³/mol. The van der Waals surface area contributed by atoms with E-state index in [1.54, 1.807) is 0 Å². The summed E-state index contributed by atoms with van der Waals surface area (Å²) in [4.78, 5) is 0. The first kappa shape index (κ1) is 11.6. The van der Waals surface area contributed by atoms with Crippen molar-refractivity contribution in [3.63, 3.8) is 0 Å². The van der Waals surface area contributed by atoms with Crippen LogP contribution in [0.1, 0.15) is 12.0 Å². The van der Waals surface area contributed by atoms with Crippen molar-refractivity contribution in [3.8, 4) is 0 Å². The van der Waals surface area contributed by atoms with Crippen LogP contribution in [0.5, 0.6) is 0 Å². The summed E-state index contributed by atoms with van der Waals surface area (Å²) in [5.74, 6) is 0.442. The molecule has 2 atom stereocenters. The predicted octanol–water partition coefficient (Wildman–Crippen LogP) is 1.57. The van der Waals surface area contributed by atoms with Gasteiger partial charge in [0, 0.05) is 12.5 Å². The number of hydrogen-bond acceptors (Lipinski definition) is 3. The lowest BCUT2D eigenvalue weighted by atomic mass is 9.97. The summed E-state index contributed by atoms with van der Waals surface area (Å²) in [7, 11) is 0. The van der Waals surface area contributed by atoms with Gasteiger partial charge in [-0.25, -0.2) is 0 Å². The molecule has 3 nitrogen and oxygen atoms in total. The lowest BCUT2D eigenvalue weighted by Crippen LogP contribution is -2.38. The second kappa shape index (κ2) is 5.99. The van der Waals surface area contributed by atoms with Gasteiger partial charge >= 0.3 is 0 Å². The van der Waals surface area contributed by atoms with Crippen molar-refractivity contribution in [2.24, 2.45) is 11.7 Å². The van der Waals surface area contributed by atoms with Crippen molar-refractivity contribution in [2.75, 3.05) is 19.8 Å². The molecule has 88 valence electrons. The highest BCUT2D eigenvalue weighted by Gasteiger charge is 2.25. The topological polar surface area (TPSA) is 44.5 Å². The summed E-state index contributed by atoms with van der Waals surface area (Å²) in [5, 5.41) is 0. The molecule has 1 saturated heterocycles. The Bertz CT molecular complexity index is 302. The molecule has 2 unspecified atom stereocenters. The Morgan fingerprint density at radius 3 is 2.88 bits per heavy atom. The molecule has 1 heterocycles. The molecule has 1 aromatic rings. The average molecular weight is 221 g/mol. The molecule has 0 radical (unpaired) electrons. The van der Waals surface area contributed by atoms with E-state index < -0.39 is 0 Å². The molecular weight excluding hydrogens is 202 g/mol. The number of ether oxygens (including phenoxy) is 2. The summed E-state index contributed by atoms with van der Waals surface area (Å²) in [5.41, 5.74) is 6.93. The molecule has 1 fully saturated rings. The van der Waals surface area contributed by atoms with E-state index in [1.165, 1.54) is 5.56 Å². The van der Waals surface area contributed by atoms with E-state index in [-0.39, 0.29) is 6.10 Å². The normalized spacial score (nSPS) is 25.6. The maximum absolute atomic E-state index is 5.87. The summed E-state index contributed by atoms with van der Waals surface area (Å²) >= 11 is 0. The molecule has 0 aromatic heterocycles. The first-order chi connectivity index (χ1) is 7.90. The van der Waals surface area contributed by atoms with Gasteiger partial charge in [0.25, 0.3) is 0 Å². The molecule has 2 N–H and O–H groups in total. The van der Waals surface area contributed by atoms with Crippen LogP contribution >= 0.6 is 0 Å². The molecule has 0 bridgehead atoms. The quantitative estimate of drug-likeness (QED) is 0.839. The van der Waals surface area contributed by atoms with Gasteiger partial charge in [0.1, 0.15) is 0 Å². The van der Waals surface area contributed by atoms with Crippen molar-refractivity contribution in [3.05, 3.63) is 35.9 Å². The Hall–Kier alpha value is -0.900. The van der Waals surface area contributed by atoms with Crippen molar-refractivity contribution in [1.29, 1.82) is 0 Å². The maximum atomic E-state index is 5.87. The number of nitrogens with two attached hydrogens (primary N) is 1. The molecule has 2 rings (SSSR count). The molecular formula is C13H19NO2. The molecule has 1 aromatic carbocycles. The monoisotopic (exact) mass is 221 g/mol. The van der Waals surface area contributed by atoms with Crippen LogP contribution in [-0.2, 0) is 16.1 Å².